The number of hydrogen-bond acceptors (Lipinski definition) is 2. The Bertz CT molecular complexity index is 678. The van der Waals surface area contributed by atoms with Crippen LogP contribution < -0.4 is 4.74 Å². The molecule has 0 aromatic heterocycles. The van der Waals surface area contributed by atoms with E-state index in [-0.39, 0.29) is 6.79 Å². The van der Waals surface area contributed by atoms with Crippen molar-refractivity contribution >= 4 is 22.6 Å². The van der Waals surface area contributed by atoms with Crippen LogP contribution in [0.3, 0.4) is 0 Å². The second-order valence-corrected chi connectivity index (χ2v) is 7.38. The van der Waals surface area contributed by atoms with Crippen molar-refractivity contribution in [3.63, 3.8) is 0 Å². The fourth-order valence-electron chi connectivity index (χ4n) is 2.75. The third kappa shape index (κ3) is 4.48. The summed E-state index contributed by atoms with van der Waals surface area (Å²) in [5.74, 6) is 1.33. The zero-order chi connectivity index (χ0) is 17.0. The van der Waals surface area contributed by atoms with Gasteiger partial charge in [-0.25, -0.2) is 0 Å². The summed E-state index contributed by atoms with van der Waals surface area (Å²) in [5, 5.41) is 0. The number of ether oxygens (including phenoxy) is 2. The second-order valence-electron chi connectivity index (χ2n) is 6.22. The minimum Gasteiger partial charge on any atom is -0.467 e. The highest BCUT2D eigenvalue weighted by atomic mass is 127. The van der Waals surface area contributed by atoms with Gasteiger partial charge in [-0.15, -0.1) is 0 Å². The number of aryl methyl sites for hydroxylation is 1. The maximum atomic E-state index is 5.70. The molecule has 0 spiro atoms. The Morgan fingerprint density at radius 2 is 1.83 bits per heavy atom. The molecule has 0 radical (unpaired) electrons. The predicted molar refractivity (Wildman–Crippen MR) is 104 cm³/mol. The maximum Gasteiger partial charge on any atom is 0.188 e. The largest absolute Gasteiger partial charge is 0.467 e. The van der Waals surface area contributed by atoms with Crippen LogP contribution in [0, 0.1) is 17.4 Å². The Morgan fingerprint density at radius 1 is 1.09 bits per heavy atom. The van der Waals surface area contributed by atoms with Crippen LogP contribution in [0.5, 0.6) is 5.75 Å². The topological polar surface area (TPSA) is 18.5 Å². The highest BCUT2D eigenvalue weighted by molar-refractivity contribution is 14.1. The van der Waals surface area contributed by atoms with Crippen LogP contribution in [0.15, 0.2) is 30.3 Å². The van der Waals surface area contributed by atoms with E-state index in [1.807, 2.05) is 0 Å². The number of rotatable bonds is 6. The molecule has 2 aromatic rings. The lowest BCUT2D eigenvalue weighted by atomic mass is 9.93. The standard InChI is InChI=1S/C20H25IO2/c1-13(2)17-10-16(7-9-20(17)23-12-22-5)11-18-14(3)6-8-19(21)15(18)4/h6-10,13H,11-12H2,1-5H3. The molecule has 0 N–H and O–H groups in total. The van der Waals surface area contributed by atoms with Gasteiger partial charge in [0.1, 0.15) is 5.75 Å². The summed E-state index contributed by atoms with van der Waals surface area (Å²) >= 11 is 2.41. The summed E-state index contributed by atoms with van der Waals surface area (Å²) in [5.41, 5.74) is 6.73. The van der Waals surface area contributed by atoms with E-state index < -0.39 is 0 Å². The number of halogens is 1. The van der Waals surface area contributed by atoms with Gasteiger partial charge < -0.3 is 9.47 Å². The summed E-state index contributed by atoms with van der Waals surface area (Å²) in [6.07, 6.45) is 0.957. The van der Waals surface area contributed by atoms with Gasteiger partial charge >= 0.3 is 0 Å². The van der Waals surface area contributed by atoms with Crippen LogP contribution >= 0.6 is 22.6 Å². The Balaban J connectivity index is 2.34. The normalized spacial score (nSPS) is 11.1. The van der Waals surface area contributed by atoms with Gasteiger partial charge in [0, 0.05) is 10.7 Å². The van der Waals surface area contributed by atoms with Gasteiger partial charge in [0.15, 0.2) is 6.79 Å². The van der Waals surface area contributed by atoms with E-state index >= 15 is 0 Å². The van der Waals surface area contributed by atoms with Gasteiger partial charge in [-0.2, -0.15) is 0 Å². The van der Waals surface area contributed by atoms with Gasteiger partial charge in [-0.1, -0.05) is 32.0 Å². The van der Waals surface area contributed by atoms with Crippen molar-refractivity contribution in [2.24, 2.45) is 0 Å². The van der Waals surface area contributed by atoms with Gasteiger partial charge in [0.05, 0.1) is 0 Å². The minimum absolute atomic E-state index is 0.286. The molecule has 0 saturated heterocycles. The van der Waals surface area contributed by atoms with E-state index in [2.05, 4.69) is 80.6 Å². The van der Waals surface area contributed by atoms with E-state index in [1.165, 1.54) is 31.4 Å². The summed E-state index contributed by atoms with van der Waals surface area (Å²) in [7, 11) is 1.64. The fraction of sp³-hybridized carbons (Fsp3) is 0.400. The molecule has 0 aliphatic carbocycles. The average Bonchev–Trinajstić information content (AvgIpc) is 2.53. The molecular formula is C20H25IO2. The van der Waals surface area contributed by atoms with Crippen molar-refractivity contribution in [1.29, 1.82) is 0 Å². The van der Waals surface area contributed by atoms with Gasteiger partial charge in [-0.05, 0) is 88.7 Å². The van der Waals surface area contributed by atoms with Crippen molar-refractivity contribution in [2.75, 3.05) is 13.9 Å². The van der Waals surface area contributed by atoms with E-state index in [0.717, 1.165) is 12.2 Å². The Kier molecular flexibility index (Phi) is 6.48. The van der Waals surface area contributed by atoms with Crippen LogP contribution in [0.1, 0.15) is 47.6 Å². The predicted octanol–water partition coefficient (Wildman–Crippen LogP) is 5.60. The van der Waals surface area contributed by atoms with Gasteiger partial charge in [0.2, 0.25) is 0 Å². The van der Waals surface area contributed by atoms with E-state index in [1.54, 1.807) is 7.11 Å². The molecule has 0 heterocycles. The van der Waals surface area contributed by atoms with E-state index in [9.17, 15) is 0 Å². The first-order valence-electron chi connectivity index (χ1n) is 7.93. The van der Waals surface area contributed by atoms with Crippen molar-refractivity contribution in [2.45, 2.75) is 40.0 Å². The first-order chi connectivity index (χ1) is 10.9. The quantitative estimate of drug-likeness (QED) is 0.444. The summed E-state index contributed by atoms with van der Waals surface area (Å²) in [6.45, 7) is 9.08. The fourth-order valence-corrected chi connectivity index (χ4v) is 3.26. The molecule has 0 amide bonds. The first kappa shape index (κ1) is 18.3. The van der Waals surface area contributed by atoms with Gasteiger partial charge in [0.25, 0.3) is 0 Å². The molecule has 2 nitrogen and oxygen atoms in total. The molecule has 0 aliphatic rings. The molecule has 0 fully saturated rings. The highest BCUT2D eigenvalue weighted by Crippen LogP contribution is 2.30. The lowest BCUT2D eigenvalue weighted by Gasteiger charge is -2.17. The molecule has 2 rings (SSSR count). The zero-order valence-electron chi connectivity index (χ0n) is 14.6. The third-order valence-corrected chi connectivity index (χ3v) is 5.34. The lowest BCUT2D eigenvalue weighted by Crippen LogP contribution is -2.04. The first-order valence-corrected chi connectivity index (χ1v) is 9.01. The Morgan fingerprint density at radius 3 is 2.48 bits per heavy atom. The summed E-state index contributed by atoms with van der Waals surface area (Å²) in [4.78, 5) is 0. The van der Waals surface area contributed by atoms with Crippen molar-refractivity contribution in [1.82, 2.24) is 0 Å². The van der Waals surface area contributed by atoms with Crippen LogP contribution in [0.4, 0.5) is 0 Å². The molecule has 0 saturated carbocycles. The highest BCUT2D eigenvalue weighted by Gasteiger charge is 2.12. The molecule has 0 unspecified atom stereocenters. The molecular weight excluding hydrogens is 399 g/mol. The van der Waals surface area contributed by atoms with Crippen LogP contribution in [0.25, 0.3) is 0 Å². The van der Waals surface area contributed by atoms with Crippen molar-refractivity contribution in [3.05, 3.63) is 61.7 Å². The molecule has 124 valence electrons. The monoisotopic (exact) mass is 424 g/mol. The van der Waals surface area contributed by atoms with Crippen LogP contribution in [0.2, 0.25) is 0 Å². The Hall–Kier alpha value is -1.07. The van der Waals surface area contributed by atoms with Crippen molar-refractivity contribution < 1.29 is 9.47 Å². The summed E-state index contributed by atoms with van der Waals surface area (Å²) in [6, 6.07) is 10.9. The summed E-state index contributed by atoms with van der Waals surface area (Å²) < 4.78 is 12.1. The van der Waals surface area contributed by atoms with Gasteiger partial charge in [-0.3, -0.25) is 0 Å². The average molecular weight is 424 g/mol. The van der Waals surface area contributed by atoms with E-state index in [4.69, 9.17) is 9.47 Å². The molecule has 0 atom stereocenters. The lowest BCUT2D eigenvalue weighted by molar-refractivity contribution is 0.0502. The van der Waals surface area contributed by atoms with Crippen molar-refractivity contribution in [3.8, 4) is 5.75 Å². The molecule has 0 bridgehead atoms. The molecule has 2 aromatic carbocycles. The third-order valence-electron chi connectivity index (χ3n) is 4.18. The molecule has 3 heteroatoms. The zero-order valence-corrected chi connectivity index (χ0v) is 16.7. The number of benzene rings is 2. The van der Waals surface area contributed by atoms with Crippen LogP contribution in [-0.4, -0.2) is 13.9 Å². The number of hydrogen-bond donors (Lipinski definition) is 0. The Labute approximate surface area is 153 Å². The van der Waals surface area contributed by atoms with Crippen LogP contribution in [-0.2, 0) is 11.2 Å². The second kappa shape index (κ2) is 8.15. The SMILES string of the molecule is COCOc1ccc(Cc2c(C)ccc(I)c2C)cc1C(C)C. The molecule has 0 aliphatic heterocycles. The smallest absolute Gasteiger partial charge is 0.188 e. The molecule has 23 heavy (non-hydrogen) atoms. The number of methoxy groups -OCH3 is 1. The minimum atomic E-state index is 0.286. The van der Waals surface area contributed by atoms with E-state index in [0.29, 0.717) is 5.92 Å². The maximum absolute atomic E-state index is 5.70.